The van der Waals surface area contributed by atoms with E-state index in [9.17, 15) is 9.90 Å². The number of carbonyl (C=O) groups is 1. The number of fused-ring (bicyclic) bond motifs is 1. The summed E-state index contributed by atoms with van der Waals surface area (Å²) in [6.45, 7) is 0. The summed E-state index contributed by atoms with van der Waals surface area (Å²) >= 11 is 5.24. The normalized spacial score (nSPS) is 10.6. The van der Waals surface area contributed by atoms with Crippen molar-refractivity contribution in [1.29, 1.82) is 0 Å². The summed E-state index contributed by atoms with van der Waals surface area (Å²) in [5, 5.41) is 15.9. The molecule has 3 aromatic carbocycles. The van der Waals surface area contributed by atoms with E-state index in [0.717, 1.165) is 0 Å². The van der Waals surface area contributed by atoms with E-state index in [1.54, 1.807) is 49.6 Å². The molecule has 0 atom stereocenters. The Morgan fingerprint density at radius 3 is 2.60 bits per heavy atom. The molecule has 1 heterocycles. The minimum Gasteiger partial charge on any atom is -0.507 e. The standard InChI is InChI=1S/C22H17N3O4S/c1-28-15-9-6-13(7-10-15)20(27)25-22(30)23-14-8-11-18(26)16(12-14)21-24-17-4-2-3-5-19(17)29-21/h2-12,26H,1H3,(H2,23,25,27,30). The average Bonchev–Trinajstić information content (AvgIpc) is 3.19. The van der Waals surface area contributed by atoms with Crippen molar-refractivity contribution in [3.63, 3.8) is 0 Å². The lowest BCUT2D eigenvalue weighted by Crippen LogP contribution is -2.34. The maximum Gasteiger partial charge on any atom is 0.257 e. The van der Waals surface area contributed by atoms with Crippen LogP contribution in [-0.4, -0.2) is 28.2 Å². The Morgan fingerprint density at radius 1 is 1.10 bits per heavy atom. The fraction of sp³-hybridized carbons (Fsp3) is 0.0455. The van der Waals surface area contributed by atoms with Crippen molar-refractivity contribution in [2.45, 2.75) is 0 Å². The van der Waals surface area contributed by atoms with Crippen molar-refractivity contribution in [1.82, 2.24) is 10.3 Å². The van der Waals surface area contributed by atoms with Gasteiger partial charge in [0.25, 0.3) is 5.91 Å². The summed E-state index contributed by atoms with van der Waals surface area (Å²) < 4.78 is 10.8. The van der Waals surface area contributed by atoms with Crippen molar-refractivity contribution in [3.05, 3.63) is 72.3 Å². The molecule has 0 saturated heterocycles. The van der Waals surface area contributed by atoms with Gasteiger partial charge in [0.1, 0.15) is 17.0 Å². The third-order valence-corrected chi connectivity index (χ3v) is 4.56. The van der Waals surface area contributed by atoms with Gasteiger partial charge in [0.2, 0.25) is 5.89 Å². The third-order valence-electron chi connectivity index (χ3n) is 4.36. The van der Waals surface area contributed by atoms with Gasteiger partial charge in [0.05, 0.1) is 12.7 Å². The molecule has 4 aromatic rings. The van der Waals surface area contributed by atoms with Crippen LogP contribution in [0.5, 0.6) is 11.5 Å². The molecule has 0 fully saturated rings. The Kier molecular flexibility index (Phi) is 5.32. The summed E-state index contributed by atoms with van der Waals surface area (Å²) in [4.78, 5) is 16.7. The zero-order valence-corrected chi connectivity index (χ0v) is 16.7. The number of para-hydroxylation sites is 2. The Labute approximate surface area is 177 Å². The van der Waals surface area contributed by atoms with Crippen LogP contribution in [0.1, 0.15) is 10.4 Å². The molecule has 8 heteroatoms. The van der Waals surface area contributed by atoms with Crippen molar-refractivity contribution >= 4 is 40.0 Å². The van der Waals surface area contributed by atoms with Gasteiger partial charge >= 0.3 is 0 Å². The zero-order valence-electron chi connectivity index (χ0n) is 15.9. The van der Waals surface area contributed by atoms with E-state index in [2.05, 4.69) is 15.6 Å². The molecule has 7 nitrogen and oxygen atoms in total. The number of ether oxygens (including phenoxy) is 1. The first-order valence-corrected chi connectivity index (χ1v) is 9.39. The first kappa shape index (κ1) is 19.4. The first-order valence-electron chi connectivity index (χ1n) is 8.99. The van der Waals surface area contributed by atoms with Crippen molar-refractivity contribution in [2.75, 3.05) is 12.4 Å². The number of benzene rings is 3. The number of rotatable bonds is 4. The first-order chi connectivity index (χ1) is 14.5. The number of nitrogens with zero attached hydrogens (tertiary/aromatic N) is 1. The lowest BCUT2D eigenvalue weighted by molar-refractivity contribution is 0.0977. The quantitative estimate of drug-likeness (QED) is 0.334. The molecule has 150 valence electrons. The molecule has 0 saturated carbocycles. The van der Waals surface area contributed by atoms with Crippen LogP contribution in [0.2, 0.25) is 0 Å². The van der Waals surface area contributed by atoms with Crippen LogP contribution in [0.15, 0.2) is 71.1 Å². The van der Waals surface area contributed by atoms with E-state index in [1.807, 2.05) is 18.2 Å². The van der Waals surface area contributed by atoms with Gasteiger partial charge in [0.15, 0.2) is 10.7 Å². The van der Waals surface area contributed by atoms with Crippen LogP contribution in [0, 0.1) is 0 Å². The summed E-state index contributed by atoms with van der Waals surface area (Å²) in [5.41, 5.74) is 2.71. The molecule has 1 amide bonds. The number of carbonyl (C=O) groups excluding carboxylic acids is 1. The highest BCUT2D eigenvalue weighted by Crippen LogP contribution is 2.33. The minimum atomic E-state index is -0.354. The second-order valence-corrected chi connectivity index (χ2v) is 6.76. The highest BCUT2D eigenvalue weighted by atomic mass is 32.1. The largest absolute Gasteiger partial charge is 0.507 e. The monoisotopic (exact) mass is 419 g/mol. The number of phenolic OH excluding ortho intramolecular Hbond substituents is 1. The highest BCUT2D eigenvalue weighted by Gasteiger charge is 2.14. The molecule has 0 aliphatic carbocycles. The second-order valence-electron chi connectivity index (χ2n) is 6.36. The molecule has 0 aliphatic heterocycles. The van der Waals surface area contributed by atoms with Crippen LogP contribution in [0.4, 0.5) is 5.69 Å². The second kappa shape index (κ2) is 8.22. The number of hydrogen-bond acceptors (Lipinski definition) is 6. The van der Waals surface area contributed by atoms with Gasteiger partial charge in [-0.25, -0.2) is 4.98 Å². The third kappa shape index (κ3) is 4.08. The lowest BCUT2D eigenvalue weighted by atomic mass is 10.1. The molecule has 30 heavy (non-hydrogen) atoms. The SMILES string of the molecule is COc1ccc(C(=O)NC(=S)Nc2ccc(O)c(-c3nc4ccccc4o3)c2)cc1. The van der Waals surface area contributed by atoms with E-state index in [4.69, 9.17) is 21.4 Å². The van der Waals surface area contributed by atoms with E-state index in [0.29, 0.717) is 33.7 Å². The summed E-state index contributed by atoms with van der Waals surface area (Å²) in [7, 11) is 1.56. The number of thiocarbonyl (C=S) groups is 1. The maximum absolute atomic E-state index is 12.3. The number of amides is 1. The molecule has 3 N–H and O–H groups in total. The summed E-state index contributed by atoms with van der Waals surface area (Å²) in [6, 6.07) is 18.8. The molecule has 0 spiro atoms. The Hall–Kier alpha value is -3.91. The van der Waals surface area contributed by atoms with Crippen LogP contribution < -0.4 is 15.4 Å². The zero-order chi connectivity index (χ0) is 21.1. The smallest absolute Gasteiger partial charge is 0.257 e. The van der Waals surface area contributed by atoms with Gasteiger partial charge < -0.3 is 19.6 Å². The Balaban J connectivity index is 1.49. The van der Waals surface area contributed by atoms with Gasteiger partial charge in [-0.1, -0.05) is 12.1 Å². The number of nitrogens with one attached hydrogen (secondary N) is 2. The Morgan fingerprint density at radius 2 is 1.87 bits per heavy atom. The molecule has 0 bridgehead atoms. The number of phenols is 1. The van der Waals surface area contributed by atoms with Gasteiger partial charge in [-0.05, 0) is 66.8 Å². The molecule has 4 rings (SSSR count). The number of hydrogen-bond donors (Lipinski definition) is 3. The molecule has 1 aromatic heterocycles. The number of anilines is 1. The van der Waals surface area contributed by atoms with Crippen molar-refractivity contribution in [3.8, 4) is 23.0 Å². The van der Waals surface area contributed by atoms with Crippen LogP contribution in [0.3, 0.4) is 0 Å². The fourth-order valence-electron chi connectivity index (χ4n) is 2.85. The van der Waals surface area contributed by atoms with Gasteiger partial charge in [-0.3, -0.25) is 10.1 Å². The summed E-state index contributed by atoms with van der Waals surface area (Å²) in [5.74, 6) is 0.599. The van der Waals surface area contributed by atoms with Crippen molar-refractivity contribution in [2.24, 2.45) is 0 Å². The average molecular weight is 419 g/mol. The topological polar surface area (TPSA) is 96.6 Å². The van der Waals surface area contributed by atoms with E-state index < -0.39 is 0 Å². The molecule has 0 radical (unpaired) electrons. The highest BCUT2D eigenvalue weighted by molar-refractivity contribution is 7.80. The minimum absolute atomic E-state index is 0.0142. The van der Waals surface area contributed by atoms with Gasteiger partial charge in [0, 0.05) is 11.3 Å². The molecular weight excluding hydrogens is 402 g/mol. The molecule has 0 unspecified atom stereocenters. The van der Waals surface area contributed by atoms with Gasteiger partial charge in [-0.2, -0.15) is 0 Å². The van der Waals surface area contributed by atoms with Crippen LogP contribution >= 0.6 is 12.2 Å². The number of aromatic hydroxyl groups is 1. The van der Waals surface area contributed by atoms with E-state index in [-0.39, 0.29) is 22.7 Å². The van der Waals surface area contributed by atoms with Gasteiger partial charge in [-0.15, -0.1) is 0 Å². The predicted molar refractivity (Wildman–Crippen MR) is 118 cm³/mol. The molecular formula is C22H17N3O4S. The fourth-order valence-corrected chi connectivity index (χ4v) is 3.06. The lowest BCUT2D eigenvalue weighted by Gasteiger charge is -2.11. The number of methoxy groups -OCH3 is 1. The Bertz CT molecular complexity index is 1200. The number of oxazole rings is 1. The van der Waals surface area contributed by atoms with E-state index in [1.165, 1.54) is 6.07 Å². The van der Waals surface area contributed by atoms with Crippen LogP contribution in [-0.2, 0) is 0 Å². The van der Waals surface area contributed by atoms with E-state index >= 15 is 0 Å². The predicted octanol–water partition coefficient (Wildman–Crippen LogP) is 4.34. The van der Waals surface area contributed by atoms with Crippen LogP contribution in [0.25, 0.3) is 22.6 Å². The maximum atomic E-state index is 12.3. The molecule has 0 aliphatic rings. The van der Waals surface area contributed by atoms with Crippen molar-refractivity contribution < 1.29 is 19.1 Å². The summed E-state index contributed by atoms with van der Waals surface area (Å²) in [6.07, 6.45) is 0. The number of aromatic nitrogens is 1.